The van der Waals surface area contributed by atoms with Gasteiger partial charge in [0.25, 0.3) is 0 Å². The van der Waals surface area contributed by atoms with Crippen LogP contribution in [0.5, 0.6) is 0 Å². The van der Waals surface area contributed by atoms with E-state index in [2.05, 4.69) is 117 Å². The first-order chi connectivity index (χ1) is 18.3. The molecule has 9 nitrogen and oxygen atoms in total. The van der Waals surface area contributed by atoms with Crippen LogP contribution in [0.1, 0.15) is 68.5 Å². The van der Waals surface area contributed by atoms with Gasteiger partial charge >= 0.3 is 6.08 Å². The number of ether oxygens (including phenoxy) is 1. The van der Waals surface area contributed by atoms with Gasteiger partial charge < -0.3 is 23.7 Å². The van der Waals surface area contributed by atoms with E-state index >= 15 is 0 Å². The number of nitrogen functional groups attached to an aromatic ring is 1. The minimum absolute atomic E-state index is 0.0157. The molecule has 3 heterocycles. The summed E-state index contributed by atoms with van der Waals surface area (Å²) in [7, 11) is -6.73. The number of nitrogens with two attached hydrogens (primary N) is 1. The molecule has 13 heteroatoms. The Balaban J connectivity index is 2.18. The average Bonchev–Trinajstić information content (AvgIpc) is 3.31. The van der Waals surface area contributed by atoms with Crippen molar-refractivity contribution in [1.29, 1.82) is 0 Å². The van der Waals surface area contributed by atoms with Crippen LogP contribution in [-0.4, -0.2) is 69.4 Å². The highest BCUT2D eigenvalue weighted by molar-refractivity contribution is 6.75. The van der Waals surface area contributed by atoms with Crippen molar-refractivity contribution in [2.24, 2.45) is 0 Å². The SMILES string of the molecule is CC(C)(C)[Si](C)(C)OC[C@H]1O[C@@H](n2cnc3c(N)nc(F)nc32)[C@H](O[Si](C)(C)C(C)(C)C)[C@@H]1O[Si](C)(C)C(C)(C)C. The molecule has 1 aliphatic rings. The molecule has 41 heavy (non-hydrogen) atoms. The van der Waals surface area contributed by atoms with Crippen LogP contribution in [0.25, 0.3) is 11.2 Å². The molecule has 0 bridgehead atoms. The lowest BCUT2D eigenvalue weighted by Crippen LogP contribution is -2.54. The number of hydrogen-bond donors (Lipinski definition) is 1. The van der Waals surface area contributed by atoms with E-state index in [9.17, 15) is 4.39 Å². The van der Waals surface area contributed by atoms with Crippen LogP contribution in [0.4, 0.5) is 10.2 Å². The van der Waals surface area contributed by atoms with Gasteiger partial charge in [-0.15, -0.1) is 0 Å². The highest BCUT2D eigenvalue weighted by Crippen LogP contribution is 2.47. The second-order valence-electron chi connectivity index (χ2n) is 16.0. The molecule has 0 aliphatic carbocycles. The summed E-state index contributed by atoms with van der Waals surface area (Å²) in [5, 5.41) is -0.0706. The predicted octanol–water partition coefficient (Wildman–Crippen LogP) is 7.25. The molecular formula is C28H54FN5O4Si3. The van der Waals surface area contributed by atoms with Crippen molar-refractivity contribution in [3.05, 3.63) is 12.4 Å². The summed E-state index contributed by atoms with van der Waals surface area (Å²) in [6.45, 7) is 33.7. The Morgan fingerprint density at radius 1 is 0.829 bits per heavy atom. The van der Waals surface area contributed by atoms with Gasteiger partial charge in [-0.3, -0.25) is 4.57 Å². The topological polar surface area (TPSA) is 107 Å². The number of rotatable bonds is 8. The third-order valence-electron chi connectivity index (χ3n) is 9.87. The Kier molecular flexibility index (Phi) is 9.23. The molecule has 0 unspecified atom stereocenters. The van der Waals surface area contributed by atoms with E-state index in [1.807, 2.05) is 0 Å². The van der Waals surface area contributed by atoms with E-state index < -0.39 is 55.6 Å². The summed E-state index contributed by atoms with van der Waals surface area (Å²) in [5.41, 5.74) is 6.61. The molecule has 2 N–H and O–H groups in total. The Hall–Kier alpha value is -1.23. The molecule has 1 saturated heterocycles. The van der Waals surface area contributed by atoms with Crippen molar-refractivity contribution in [1.82, 2.24) is 19.5 Å². The zero-order valence-electron chi connectivity index (χ0n) is 28.0. The number of nitrogens with zero attached hydrogens (tertiary/aromatic N) is 4. The quantitative estimate of drug-likeness (QED) is 0.241. The van der Waals surface area contributed by atoms with Crippen molar-refractivity contribution in [3.8, 4) is 0 Å². The second kappa shape index (κ2) is 11.0. The van der Waals surface area contributed by atoms with Crippen LogP contribution < -0.4 is 5.73 Å². The summed E-state index contributed by atoms with van der Waals surface area (Å²) >= 11 is 0. The summed E-state index contributed by atoms with van der Waals surface area (Å²) in [4.78, 5) is 12.2. The van der Waals surface area contributed by atoms with Crippen molar-refractivity contribution in [2.75, 3.05) is 12.3 Å². The molecule has 4 atom stereocenters. The van der Waals surface area contributed by atoms with Crippen LogP contribution in [0.15, 0.2) is 6.33 Å². The smallest absolute Gasteiger partial charge is 0.312 e. The van der Waals surface area contributed by atoms with Crippen molar-refractivity contribution in [2.45, 2.75) is 141 Å². The molecule has 2 aromatic heterocycles. The zero-order valence-corrected chi connectivity index (χ0v) is 31.0. The molecule has 0 radical (unpaired) electrons. The maximum absolute atomic E-state index is 14.4. The molecule has 0 amide bonds. The van der Waals surface area contributed by atoms with Crippen LogP contribution in [0.2, 0.25) is 54.4 Å². The fourth-order valence-corrected chi connectivity index (χ4v) is 7.59. The standard InChI is InChI=1S/C28H54FN5O4Si3/c1-26(2,3)39(10,11)35-16-18-20(37-40(12,13)27(4,5)6)21(38-41(14,15)28(7,8)9)24(36-18)34-17-31-19-22(30)32-25(29)33-23(19)34/h17-18,20-21,24H,16H2,1-15H3,(H2,30,32,33)/t18-,20-,21-,24-/m1/s1. The number of aromatic nitrogens is 4. The lowest BCUT2D eigenvalue weighted by atomic mass is 10.1. The largest absolute Gasteiger partial charge is 0.414 e. The first kappa shape index (κ1) is 34.3. The van der Waals surface area contributed by atoms with Gasteiger partial charge in [0, 0.05) is 0 Å². The van der Waals surface area contributed by atoms with Crippen molar-refractivity contribution in [3.63, 3.8) is 0 Å². The van der Waals surface area contributed by atoms with E-state index in [0.29, 0.717) is 12.1 Å². The number of hydrogen-bond acceptors (Lipinski definition) is 8. The van der Waals surface area contributed by atoms with E-state index in [1.165, 1.54) is 0 Å². The molecule has 0 saturated carbocycles. The van der Waals surface area contributed by atoms with Gasteiger partial charge in [0.05, 0.1) is 12.9 Å². The van der Waals surface area contributed by atoms with E-state index in [1.54, 1.807) is 10.9 Å². The minimum Gasteiger partial charge on any atom is -0.414 e. The summed E-state index contributed by atoms with van der Waals surface area (Å²) in [5.74, 6) is -0.0157. The number of fused-ring (bicyclic) bond motifs is 1. The monoisotopic (exact) mass is 627 g/mol. The fraction of sp³-hybridized carbons (Fsp3) is 0.821. The van der Waals surface area contributed by atoms with Crippen LogP contribution in [0.3, 0.4) is 0 Å². The third-order valence-corrected chi connectivity index (χ3v) is 23.3. The molecule has 1 fully saturated rings. The fourth-order valence-electron chi connectivity index (χ4n) is 3.97. The maximum atomic E-state index is 14.4. The maximum Gasteiger partial charge on any atom is 0.312 e. The number of imidazole rings is 1. The first-order valence-electron chi connectivity index (χ1n) is 14.6. The van der Waals surface area contributed by atoms with Crippen LogP contribution in [-0.2, 0) is 18.0 Å². The zero-order chi connectivity index (χ0) is 31.6. The predicted molar refractivity (Wildman–Crippen MR) is 171 cm³/mol. The molecule has 1 aliphatic heterocycles. The lowest BCUT2D eigenvalue weighted by molar-refractivity contribution is -0.0470. The average molecular weight is 628 g/mol. The van der Waals surface area contributed by atoms with Gasteiger partial charge in [-0.25, -0.2) is 4.98 Å². The molecule has 234 valence electrons. The Morgan fingerprint density at radius 2 is 1.32 bits per heavy atom. The van der Waals surface area contributed by atoms with Gasteiger partial charge in [0.2, 0.25) is 0 Å². The summed E-state index contributed by atoms with van der Waals surface area (Å²) in [6, 6.07) is 0. The molecule has 0 aromatic carbocycles. The van der Waals surface area contributed by atoms with Crippen LogP contribution >= 0.6 is 0 Å². The molecular weight excluding hydrogens is 574 g/mol. The molecule has 3 rings (SSSR count). The lowest BCUT2D eigenvalue weighted by Gasteiger charge is -2.44. The highest BCUT2D eigenvalue weighted by Gasteiger charge is 2.55. The third kappa shape index (κ3) is 6.96. The number of halogens is 1. The Morgan fingerprint density at radius 3 is 1.80 bits per heavy atom. The summed E-state index contributed by atoms with van der Waals surface area (Å²) < 4.78 is 44.0. The Labute approximate surface area is 249 Å². The van der Waals surface area contributed by atoms with Crippen molar-refractivity contribution >= 4 is 41.9 Å². The van der Waals surface area contributed by atoms with Gasteiger partial charge in [0.15, 0.2) is 48.2 Å². The summed E-state index contributed by atoms with van der Waals surface area (Å²) in [6.07, 6.45) is -1.34. The molecule has 0 spiro atoms. The van der Waals surface area contributed by atoms with Gasteiger partial charge in [-0.1, -0.05) is 62.3 Å². The normalized spacial score (nSPS) is 23.5. The first-order valence-corrected chi connectivity index (χ1v) is 23.3. The van der Waals surface area contributed by atoms with E-state index in [0.717, 1.165) is 0 Å². The van der Waals surface area contributed by atoms with E-state index in [4.69, 9.17) is 23.7 Å². The van der Waals surface area contributed by atoms with Crippen LogP contribution in [0, 0.1) is 6.08 Å². The van der Waals surface area contributed by atoms with Gasteiger partial charge in [-0.2, -0.15) is 14.4 Å². The highest BCUT2D eigenvalue weighted by atomic mass is 28.4. The number of anilines is 1. The van der Waals surface area contributed by atoms with E-state index in [-0.39, 0.29) is 26.6 Å². The van der Waals surface area contributed by atoms with Gasteiger partial charge in [0.1, 0.15) is 18.3 Å². The van der Waals surface area contributed by atoms with Gasteiger partial charge in [-0.05, 0) is 54.4 Å². The Bertz CT molecular complexity index is 1230. The molecule has 2 aromatic rings. The van der Waals surface area contributed by atoms with Crippen molar-refractivity contribution < 1.29 is 22.4 Å². The minimum atomic E-state index is -2.34. The second-order valence-corrected chi connectivity index (χ2v) is 30.3.